The zero-order valence-electron chi connectivity index (χ0n) is 13.6. The number of nitrogens with one attached hydrogen (secondary N) is 2. The zero-order chi connectivity index (χ0) is 20.1. The molecule has 0 aromatic heterocycles. The van der Waals surface area contributed by atoms with Crippen LogP contribution in [-0.2, 0) is 11.0 Å². The van der Waals surface area contributed by atoms with E-state index < -0.39 is 27.6 Å². The highest BCUT2D eigenvalue weighted by atomic mass is 35.6. The molecule has 27 heavy (non-hydrogen) atoms. The first kappa shape index (κ1) is 21.4. The molecule has 1 atom stereocenters. The molecular weight excluding hydrogens is 424 g/mol. The second-order valence-corrected chi connectivity index (χ2v) is 7.82. The van der Waals surface area contributed by atoms with Gasteiger partial charge >= 0.3 is 6.18 Å². The highest BCUT2D eigenvalue weighted by Crippen LogP contribution is 2.33. The molecule has 0 saturated heterocycles. The van der Waals surface area contributed by atoms with Gasteiger partial charge in [-0.1, -0.05) is 71.2 Å². The van der Waals surface area contributed by atoms with Crippen LogP contribution in [0, 0.1) is 0 Å². The van der Waals surface area contributed by atoms with Crippen molar-refractivity contribution >= 4 is 52.5 Å². The number of hydrogen-bond donors (Lipinski definition) is 2. The van der Waals surface area contributed by atoms with Gasteiger partial charge in [0.05, 0.1) is 5.56 Å². The lowest BCUT2D eigenvalue weighted by Crippen LogP contribution is -2.48. The molecule has 0 heterocycles. The SMILES string of the molecule is O=C(/C=C/c1ccccc1)N[C@H](Nc1cccc(C(F)(F)F)c1)C(Cl)(Cl)Cl. The van der Waals surface area contributed by atoms with Gasteiger partial charge in [-0.15, -0.1) is 0 Å². The van der Waals surface area contributed by atoms with Crippen molar-refractivity contribution in [3.63, 3.8) is 0 Å². The molecule has 0 saturated carbocycles. The van der Waals surface area contributed by atoms with Gasteiger partial charge in [-0.05, 0) is 29.8 Å². The smallest absolute Gasteiger partial charge is 0.362 e. The van der Waals surface area contributed by atoms with E-state index in [-0.39, 0.29) is 5.69 Å². The fourth-order valence-electron chi connectivity index (χ4n) is 2.08. The third-order valence-electron chi connectivity index (χ3n) is 3.34. The zero-order valence-corrected chi connectivity index (χ0v) is 15.9. The van der Waals surface area contributed by atoms with E-state index in [2.05, 4.69) is 10.6 Å². The Morgan fingerprint density at radius 2 is 1.67 bits per heavy atom. The number of amides is 1. The van der Waals surface area contributed by atoms with E-state index in [0.717, 1.165) is 17.7 Å². The monoisotopic (exact) mass is 436 g/mol. The van der Waals surface area contributed by atoms with Crippen LogP contribution < -0.4 is 10.6 Å². The van der Waals surface area contributed by atoms with E-state index in [1.54, 1.807) is 30.3 Å². The quantitative estimate of drug-likeness (QED) is 0.361. The third-order valence-corrected chi connectivity index (χ3v) is 4.00. The van der Waals surface area contributed by atoms with E-state index >= 15 is 0 Å². The number of carbonyl (C=O) groups is 1. The van der Waals surface area contributed by atoms with Crippen molar-refractivity contribution in [2.24, 2.45) is 0 Å². The summed E-state index contributed by atoms with van der Waals surface area (Å²) in [6.45, 7) is 0. The van der Waals surface area contributed by atoms with E-state index in [0.29, 0.717) is 0 Å². The number of rotatable bonds is 5. The lowest BCUT2D eigenvalue weighted by Gasteiger charge is -2.27. The Kier molecular flexibility index (Phi) is 7.03. The summed E-state index contributed by atoms with van der Waals surface area (Å²) >= 11 is 17.5. The fraction of sp³-hybridized carbons (Fsp3) is 0.167. The first-order valence-electron chi connectivity index (χ1n) is 7.60. The van der Waals surface area contributed by atoms with Gasteiger partial charge in [0.15, 0.2) is 0 Å². The second-order valence-electron chi connectivity index (χ2n) is 5.45. The third kappa shape index (κ3) is 6.97. The van der Waals surface area contributed by atoms with Crippen LogP contribution in [0.3, 0.4) is 0 Å². The predicted octanol–water partition coefficient (Wildman–Crippen LogP) is 5.64. The summed E-state index contributed by atoms with van der Waals surface area (Å²) in [5.74, 6) is -0.588. The molecule has 9 heteroatoms. The summed E-state index contributed by atoms with van der Waals surface area (Å²) in [5, 5.41) is 5.02. The summed E-state index contributed by atoms with van der Waals surface area (Å²) in [6.07, 6.45) is -3.00. The molecule has 0 fully saturated rings. The standard InChI is InChI=1S/C18H14Cl3F3N2O/c19-17(20,21)16(25-14-8-4-7-13(11-14)18(22,23)24)26-15(27)10-9-12-5-2-1-3-6-12/h1-11,16,25H,(H,26,27)/b10-9+/t16-/m0/s1. The van der Waals surface area contributed by atoms with Crippen molar-refractivity contribution < 1.29 is 18.0 Å². The number of anilines is 1. The number of carbonyl (C=O) groups excluding carboxylic acids is 1. The van der Waals surface area contributed by atoms with Crippen molar-refractivity contribution in [1.29, 1.82) is 0 Å². The largest absolute Gasteiger partial charge is 0.416 e. The Morgan fingerprint density at radius 1 is 1.00 bits per heavy atom. The van der Waals surface area contributed by atoms with Gasteiger partial charge in [0.2, 0.25) is 9.70 Å². The normalized spacial score (nSPS) is 13.4. The van der Waals surface area contributed by atoms with Crippen LogP contribution in [0.2, 0.25) is 0 Å². The maximum Gasteiger partial charge on any atom is 0.416 e. The van der Waals surface area contributed by atoms with Crippen LogP contribution in [0.5, 0.6) is 0 Å². The van der Waals surface area contributed by atoms with Crippen molar-refractivity contribution in [2.45, 2.75) is 16.1 Å². The molecule has 0 radical (unpaired) electrons. The second kappa shape index (κ2) is 8.87. The molecule has 2 aromatic carbocycles. The van der Waals surface area contributed by atoms with E-state index in [9.17, 15) is 18.0 Å². The molecule has 2 N–H and O–H groups in total. The molecule has 0 aliphatic carbocycles. The summed E-state index contributed by atoms with van der Waals surface area (Å²) in [7, 11) is 0. The topological polar surface area (TPSA) is 41.1 Å². The highest BCUT2D eigenvalue weighted by molar-refractivity contribution is 6.68. The van der Waals surface area contributed by atoms with Gasteiger partial charge in [0.1, 0.15) is 6.17 Å². The molecule has 144 valence electrons. The van der Waals surface area contributed by atoms with Crippen LogP contribution in [0.25, 0.3) is 6.08 Å². The Hall–Kier alpha value is -1.89. The Balaban J connectivity index is 2.12. The Bertz CT molecular complexity index is 805. The minimum atomic E-state index is -4.52. The molecular formula is C18H14Cl3F3N2O. The van der Waals surface area contributed by atoms with Gasteiger partial charge in [-0.2, -0.15) is 13.2 Å². The molecule has 2 rings (SSSR count). The number of hydrogen-bond acceptors (Lipinski definition) is 2. The molecule has 3 nitrogen and oxygen atoms in total. The van der Waals surface area contributed by atoms with Crippen LogP contribution in [-0.4, -0.2) is 15.9 Å². The summed E-state index contributed by atoms with van der Waals surface area (Å²) in [6, 6.07) is 13.4. The Labute approximate surface area is 169 Å². The Morgan fingerprint density at radius 3 is 2.26 bits per heavy atom. The first-order chi connectivity index (χ1) is 12.6. The average molecular weight is 438 g/mol. The maximum absolute atomic E-state index is 12.8. The van der Waals surface area contributed by atoms with Gasteiger partial charge in [0, 0.05) is 11.8 Å². The van der Waals surface area contributed by atoms with E-state index in [1.165, 1.54) is 18.2 Å². The van der Waals surface area contributed by atoms with E-state index in [4.69, 9.17) is 34.8 Å². The van der Waals surface area contributed by atoms with Crippen molar-refractivity contribution in [1.82, 2.24) is 5.32 Å². The lowest BCUT2D eigenvalue weighted by molar-refractivity contribution is -0.137. The predicted molar refractivity (Wildman–Crippen MR) is 103 cm³/mol. The van der Waals surface area contributed by atoms with Crippen LogP contribution >= 0.6 is 34.8 Å². The van der Waals surface area contributed by atoms with Crippen LogP contribution in [0.15, 0.2) is 60.7 Å². The summed E-state index contributed by atoms with van der Waals surface area (Å²) < 4.78 is 36.5. The average Bonchev–Trinajstić information content (AvgIpc) is 2.59. The van der Waals surface area contributed by atoms with Crippen LogP contribution in [0.4, 0.5) is 18.9 Å². The van der Waals surface area contributed by atoms with Gasteiger partial charge in [-0.3, -0.25) is 4.79 Å². The number of alkyl halides is 6. The molecule has 0 unspecified atom stereocenters. The number of benzene rings is 2. The maximum atomic E-state index is 12.8. The molecule has 0 bridgehead atoms. The molecule has 0 spiro atoms. The molecule has 2 aromatic rings. The molecule has 0 aliphatic heterocycles. The minimum Gasteiger partial charge on any atom is -0.362 e. The van der Waals surface area contributed by atoms with Gasteiger partial charge in [-0.25, -0.2) is 0 Å². The number of halogens is 6. The first-order valence-corrected chi connectivity index (χ1v) is 8.73. The molecule has 0 aliphatic rings. The van der Waals surface area contributed by atoms with Crippen molar-refractivity contribution in [3.05, 3.63) is 71.8 Å². The summed E-state index contributed by atoms with van der Waals surface area (Å²) in [5.41, 5.74) is -0.0525. The van der Waals surface area contributed by atoms with Crippen LogP contribution in [0.1, 0.15) is 11.1 Å². The van der Waals surface area contributed by atoms with Crippen molar-refractivity contribution in [2.75, 3.05) is 5.32 Å². The highest BCUT2D eigenvalue weighted by Gasteiger charge is 2.35. The van der Waals surface area contributed by atoms with Gasteiger partial charge < -0.3 is 10.6 Å². The van der Waals surface area contributed by atoms with E-state index in [1.807, 2.05) is 6.07 Å². The fourth-order valence-corrected chi connectivity index (χ4v) is 2.41. The van der Waals surface area contributed by atoms with Gasteiger partial charge in [0.25, 0.3) is 0 Å². The lowest BCUT2D eigenvalue weighted by atomic mass is 10.2. The minimum absolute atomic E-state index is 0.0356. The van der Waals surface area contributed by atoms with Crippen molar-refractivity contribution in [3.8, 4) is 0 Å². The summed E-state index contributed by atoms with van der Waals surface area (Å²) in [4.78, 5) is 12.1. The molecule has 1 amide bonds.